The lowest BCUT2D eigenvalue weighted by molar-refractivity contribution is 0.559. The fourth-order valence-electron chi connectivity index (χ4n) is 1.73. The van der Waals surface area contributed by atoms with Gasteiger partial charge in [-0.15, -0.1) is 12.4 Å². The minimum Gasteiger partial charge on any atom is -0.310 e. The number of rotatable bonds is 1. The predicted octanol–water partition coefficient (Wildman–Crippen LogP) is 3.33. The van der Waals surface area contributed by atoms with Crippen molar-refractivity contribution in [3.8, 4) is 0 Å². The molecule has 1 saturated heterocycles. The molecule has 0 bridgehead atoms. The highest BCUT2D eigenvalue weighted by Gasteiger charge is 2.19. The fraction of sp³-hybridized carbons (Fsp3) is 0.400. The van der Waals surface area contributed by atoms with Crippen molar-refractivity contribution in [2.75, 3.05) is 6.54 Å². The minimum atomic E-state index is -0.163. The molecule has 2 rings (SSSR count). The van der Waals surface area contributed by atoms with Gasteiger partial charge in [0.15, 0.2) is 0 Å². The molecule has 1 atom stereocenters. The van der Waals surface area contributed by atoms with Gasteiger partial charge in [0.1, 0.15) is 5.82 Å². The highest BCUT2D eigenvalue weighted by Crippen LogP contribution is 2.27. The number of benzene rings is 1. The Hall–Kier alpha value is -0.310. The molecule has 14 heavy (non-hydrogen) atoms. The molecule has 0 radical (unpaired) electrons. The number of nitrogens with one attached hydrogen (secondary N) is 1. The van der Waals surface area contributed by atoms with E-state index in [4.69, 9.17) is 11.6 Å². The molecule has 0 aliphatic carbocycles. The van der Waals surface area contributed by atoms with Crippen LogP contribution in [0.15, 0.2) is 18.2 Å². The van der Waals surface area contributed by atoms with Gasteiger partial charge in [0.25, 0.3) is 0 Å². The summed E-state index contributed by atoms with van der Waals surface area (Å²) in [5.41, 5.74) is 0.699. The molecule has 4 heteroatoms. The Labute approximate surface area is 94.1 Å². The van der Waals surface area contributed by atoms with E-state index in [1.54, 1.807) is 12.1 Å². The second-order valence-corrected chi connectivity index (χ2v) is 3.75. The molecule has 1 aliphatic rings. The van der Waals surface area contributed by atoms with Crippen molar-refractivity contribution < 1.29 is 4.39 Å². The Morgan fingerprint density at radius 1 is 1.43 bits per heavy atom. The molecule has 1 heterocycles. The van der Waals surface area contributed by atoms with Crippen molar-refractivity contribution in [2.24, 2.45) is 0 Å². The van der Waals surface area contributed by atoms with E-state index in [2.05, 4.69) is 5.32 Å². The molecular formula is C10H12Cl2FN. The summed E-state index contributed by atoms with van der Waals surface area (Å²) < 4.78 is 13.3. The number of hydrogen-bond donors (Lipinski definition) is 1. The molecule has 1 aromatic carbocycles. The van der Waals surface area contributed by atoms with E-state index in [-0.39, 0.29) is 24.3 Å². The van der Waals surface area contributed by atoms with Crippen LogP contribution in [-0.2, 0) is 0 Å². The standard InChI is InChI=1S/C10H11ClFN.ClH/c11-7-3-4-9(12)8(6-7)10-2-1-5-13-10;/h3-4,6,10,13H,1-2,5H2;1H. The topological polar surface area (TPSA) is 12.0 Å². The van der Waals surface area contributed by atoms with Crippen molar-refractivity contribution in [1.29, 1.82) is 0 Å². The summed E-state index contributed by atoms with van der Waals surface area (Å²) in [6.07, 6.45) is 2.11. The summed E-state index contributed by atoms with van der Waals surface area (Å²) in [5, 5.41) is 3.84. The molecule has 1 N–H and O–H groups in total. The zero-order valence-electron chi connectivity index (χ0n) is 7.59. The van der Waals surface area contributed by atoms with E-state index in [0.717, 1.165) is 19.4 Å². The maximum Gasteiger partial charge on any atom is 0.128 e. The van der Waals surface area contributed by atoms with E-state index in [9.17, 15) is 4.39 Å². The van der Waals surface area contributed by atoms with Crippen LogP contribution >= 0.6 is 24.0 Å². The van der Waals surface area contributed by atoms with E-state index in [1.807, 2.05) is 0 Å². The maximum absolute atomic E-state index is 13.3. The molecule has 1 nitrogen and oxygen atoms in total. The average molecular weight is 236 g/mol. The van der Waals surface area contributed by atoms with Crippen LogP contribution in [0.4, 0.5) is 4.39 Å². The Balaban J connectivity index is 0.000000980. The van der Waals surface area contributed by atoms with E-state index >= 15 is 0 Å². The number of halogens is 3. The Morgan fingerprint density at radius 3 is 2.86 bits per heavy atom. The van der Waals surface area contributed by atoms with Gasteiger partial charge in [0.2, 0.25) is 0 Å². The molecule has 0 aromatic heterocycles. The van der Waals surface area contributed by atoms with Gasteiger partial charge in [-0.1, -0.05) is 11.6 Å². The van der Waals surface area contributed by atoms with E-state index in [1.165, 1.54) is 6.07 Å². The Morgan fingerprint density at radius 2 is 2.21 bits per heavy atom. The quantitative estimate of drug-likeness (QED) is 0.788. The molecule has 1 unspecified atom stereocenters. The third-order valence-electron chi connectivity index (χ3n) is 2.39. The van der Waals surface area contributed by atoms with Gasteiger partial charge in [-0.3, -0.25) is 0 Å². The lowest BCUT2D eigenvalue weighted by atomic mass is 10.1. The van der Waals surface area contributed by atoms with Gasteiger partial charge in [-0.05, 0) is 37.6 Å². The third kappa shape index (κ3) is 2.38. The van der Waals surface area contributed by atoms with Gasteiger partial charge in [-0.25, -0.2) is 4.39 Å². The summed E-state index contributed by atoms with van der Waals surface area (Å²) in [7, 11) is 0. The Kier molecular flexibility index (Phi) is 4.17. The lowest BCUT2D eigenvalue weighted by Gasteiger charge is -2.11. The predicted molar refractivity (Wildman–Crippen MR) is 58.6 cm³/mol. The van der Waals surface area contributed by atoms with Gasteiger partial charge >= 0.3 is 0 Å². The first-order chi connectivity index (χ1) is 6.27. The smallest absolute Gasteiger partial charge is 0.128 e. The fourth-order valence-corrected chi connectivity index (χ4v) is 1.91. The minimum absolute atomic E-state index is 0. The summed E-state index contributed by atoms with van der Waals surface area (Å²) >= 11 is 5.80. The summed E-state index contributed by atoms with van der Waals surface area (Å²) in [6, 6.07) is 4.87. The van der Waals surface area contributed by atoms with Crippen LogP contribution in [0.1, 0.15) is 24.4 Å². The maximum atomic E-state index is 13.3. The molecule has 1 aliphatic heterocycles. The van der Waals surface area contributed by atoms with Crippen LogP contribution in [0.5, 0.6) is 0 Å². The van der Waals surface area contributed by atoms with Crippen molar-refractivity contribution >= 4 is 24.0 Å². The van der Waals surface area contributed by atoms with Gasteiger partial charge < -0.3 is 5.32 Å². The molecule has 1 fully saturated rings. The van der Waals surface area contributed by atoms with Crippen molar-refractivity contribution in [2.45, 2.75) is 18.9 Å². The zero-order chi connectivity index (χ0) is 9.26. The van der Waals surface area contributed by atoms with Crippen LogP contribution < -0.4 is 5.32 Å². The van der Waals surface area contributed by atoms with Gasteiger partial charge in [-0.2, -0.15) is 0 Å². The zero-order valence-corrected chi connectivity index (χ0v) is 9.17. The first-order valence-electron chi connectivity index (χ1n) is 4.46. The highest BCUT2D eigenvalue weighted by atomic mass is 35.5. The third-order valence-corrected chi connectivity index (χ3v) is 2.63. The molecule has 78 valence electrons. The first-order valence-corrected chi connectivity index (χ1v) is 4.83. The average Bonchev–Trinajstić information content (AvgIpc) is 2.61. The van der Waals surface area contributed by atoms with E-state index < -0.39 is 0 Å². The van der Waals surface area contributed by atoms with Gasteiger partial charge in [0.05, 0.1) is 0 Å². The summed E-state index contributed by atoms with van der Waals surface area (Å²) in [5.74, 6) is -0.163. The van der Waals surface area contributed by atoms with Gasteiger partial charge in [0, 0.05) is 16.6 Å². The lowest BCUT2D eigenvalue weighted by Crippen LogP contribution is -2.14. The normalized spacial score (nSPS) is 20.6. The highest BCUT2D eigenvalue weighted by molar-refractivity contribution is 6.30. The SMILES string of the molecule is Cl.Fc1ccc(Cl)cc1C1CCCN1. The first kappa shape index (κ1) is 11.8. The number of hydrogen-bond acceptors (Lipinski definition) is 1. The summed E-state index contributed by atoms with van der Waals surface area (Å²) in [6.45, 7) is 0.969. The molecule has 0 spiro atoms. The van der Waals surface area contributed by atoms with Crippen LogP contribution in [0, 0.1) is 5.82 Å². The molecule has 0 amide bonds. The molecule has 0 saturated carbocycles. The van der Waals surface area contributed by atoms with Crippen LogP contribution in [0.3, 0.4) is 0 Å². The monoisotopic (exact) mass is 235 g/mol. The largest absolute Gasteiger partial charge is 0.310 e. The van der Waals surface area contributed by atoms with Crippen LogP contribution in [-0.4, -0.2) is 6.54 Å². The van der Waals surface area contributed by atoms with Crippen molar-refractivity contribution in [3.05, 3.63) is 34.6 Å². The summed E-state index contributed by atoms with van der Waals surface area (Å²) in [4.78, 5) is 0. The van der Waals surface area contributed by atoms with Crippen molar-refractivity contribution in [1.82, 2.24) is 5.32 Å². The molecule has 1 aromatic rings. The van der Waals surface area contributed by atoms with E-state index in [0.29, 0.717) is 10.6 Å². The van der Waals surface area contributed by atoms with Crippen molar-refractivity contribution in [3.63, 3.8) is 0 Å². The van der Waals surface area contributed by atoms with Crippen LogP contribution in [0.2, 0.25) is 5.02 Å². The van der Waals surface area contributed by atoms with Crippen LogP contribution in [0.25, 0.3) is 0 Å². The molecular weight excluding hydrogens is 224 g/mol. The Bertz CT molecular complexity index is 311. The second-order valence-electron chi connectivity index (χ2n) is 3.31. The second kappa shape index (κ2) is 4.96.